The van der Waals surface area contributed by atoms with Gasteiger partial charge in [-0.2, -0.15) is 0 Å². The Bertz CT molecular complexity index is 722. The monoisotopic (exact) mass is 340 g/mol. The van der Waals surface area contributed by atoms with Crippen LogP contribution in [0.2, 0.25) is 10.0 Å². The molecule has 0 aromatic heterocycles. The van der Waals surface area contributed by atoms with Crippen molar-refractivity contribution in [3.05, 3.63) is 62.6 Å². The summed E-state index contributed by atoms with van der Waals surface area (Å²) in [6.07, 6.45) is 0. The van der Waals surface area contributed by atoms with Crippen LogP contribution in [0.25, 0.3) is 0 Å². The van der Waals surface area contributed by atoms with Crippen LogP contribution in [0.4, 0.5) is 11.4 Å². The molecule has 2 rings (SSSR count). The molecule has 0 spiro atoms. The number of para-hydroxylation sites is 1. The summed E-state index contributed by atoms with van der Waals surface area (Å²) in [4.78, 5) is 22.0. The van der Waals surface area contributed by atoms with Gasteiger partial charge in [0, 0.05) is 12.1 Å². The van der Waals surface area contributed by atoms with Gasteiger partial charge in [0.1, 0.15) is 5.75 Å². The van der Waals surface area contributed by atoms with Gasteiger partial charge in [0.25, 0.3) is 11.6 Å². The minimum Gasteiger partial charge on any atom is -0.482 e. The van der Waals surface area contributed by atoms with Gasteiger partial charge >= 0.3 is 0 Å². The van der Waals surface area contributed by atoms with Crippen LogP contribution in [-0.2, 0) is 4.79 Å². The molecule has 1 amide bonds. The minimum absolute atomic E-state index is 0.142. The number of ether oxygens (including phenoxy) is 1. The largest absolute Gasteiger partial charge is 0.482 e. The first-order valence-electron chi connectivity index (χ1n) is 6.08. The standard InChI is InChI=1S/C14H10Cl2N2O4/c15-10-6-5-9(18(20)21)7-12(10)17-14(19)8-22-13-4-2-1-3-11(13)16/h1-7H,8H2,(H,17,19). The Morgan fingerprint density at radius 1 is 1.18 bits per heavy atom. The number of carbonyl (C=O) groups excluding carboxylic acids is 1. The van der Waals surface area contributed by atoms with E-state index < -0.39 is 10.8 Å². The molecule has 114 valence electrons. The number of amides is 1. The number of non-ortho nitro benzene ring substituents is 1. The first kappa shape index (κ1) is 16.1. The van der Waals surface area contributed by atoms with Crippen LogP contribution in [0.1, 0.15) is 0 Å². The second kappa shape index (κ2) is 7.11. The average Bonchev–Trinajstić information content (AvgIpc) is 2.48. The van der Waals surface area contributed by atoms with Crippen LogP contribution in [0, 0.1) is 10.1 Å². The van der Waals surface area contributed by atoms with Crippen molar-refractivity contribution in [1.82, 2.24) is 0 Å². The predicted molar refractivity (Wildman–Crippen MR) is 83.7 cm³/mol. The summed E-state index contributed by atoms with van der Waals surface area (Å²) >= 11 is 11.8. The number of nitro benzene ring substituents is 1. The molecule has 0 unspecified atom stereocenters. The molecular formula is C14H10Cl2N2O4. The van der Waals surface area contributed by atoms with Crippen molar-refractivity contribution in [3.63, 3.8) is 0 Å². The molecular weight excluding hydrogens is 331 g/mol. The molecule has 2 aromatic carbocycles. The molecule has 22 heavy (non-hydrogen) atoms. The SMILES string of the molecule is O=C(COc1ccccc1Cl)Nc1cc([N+](=O)[O-])ccc1Cl. The molecule has 1 N–H and O–H groups in total. The normalized spacial score (nSPS) is 10.1. The number of benzene rings is 2. The quantitative estimate of drug-likeness (QED) is 0.660. The van der Waals surface area contributed by atoms with Crippen molar-refractivity contribution < 1.29 is 14.5 Å². The van der Waals surface area contributed by atoms with Gasteiger partial charge in [-0.05, 0) is 18.2 Å². The third-order valence-electron chi connectivity index (χ3n) is 2.63. The fourth-order valence-electron chi connectivity index (χ4n) is 1.61. The molecule has 8 heteroatoms. The van der Waals surface area contributed by atoms with E-state index in [-0.39, 0.29) is 23.0 Å². The van der Waals surface area contributed by atoms with Gasteiger partial charge in [-0.3, -0.25) is 14.9 Å². The maximum atomic E-state index is 11.8. The number of nitrogens with zero attached hydrogens (tertiary/aromatic N) is 1. The summed E-state index contributed by atoms with van der Waals surface area (Å²) in [6.45, 7) is -0.303. The lowest BCUT2D eigenvalue weighted by atomic mass is 10.3. The zero-order chi connectivity index (χ0) is 16.1. The Morgan fingerprint density at radius 2 is 1.91 bits per heavy atom. The van der Waals surface area contributed by atoms with Gasteiger partial charge in [-0.1, -0.05) is 35.3 Å². The third kappa shape index (κ3) is 4.09. The summed E-state index contributed by atoms with van der Waals surface area (Å²) in [5, 5.41) is 13.7. The van der Waals surface area contributed by atoms with Crippen LogP contribution >= 0.6 is 23.2 Å². The van der Waals surface area contributed by atoms with Gasteiger partial charge in [-0.15, -0.1) is 0 Å². The highest BCUT2D eigenvalue weighted by Gasteiger charge is 2.13. The number of halogens is 2. The molecule has 0 aliphatic heterocycles. The van der Waals surface area contributed by atoms with E-state index in [4.69, 9.17) is 27.9 Å². The molecule has 0 bridgehead atoms. The van der Waals surface area contributed by atoms with E-state index >= 15 is 0 Å². The second-order valence-corrected chi connectivity index (χ2v) is 5.00. The molecule has 6 nitrogen and oxygen atoms in total. The van der Waals surface area contributed by atoms with Crippen LogP contribution in [-0.4, -0.2) is 17.4 Å². The number of hydrogen-bond acceptors (Lipinski definition) is 4. The van der Waals surface area contributed by atoms with Crippen molar-refractivity contribution in [1.29, 1.82) is 0 Å². The Kier molecular flexibility index (Phi) is 5.19. The van der Waals surface area contributed by atoms with E-state index in [2.05, 4.69) is 5.32 Å². The highest BCUT2D eigenvalue weighted by Crippen LogP contribution is 2.27. The number of nitrogens with one attached hydrogen (secondary N) is 1. The van der Waals surface area contributed by atoms with Crippen LogP contribution in [0.15, 0.2) is 42.5 Å². The van der Waals surface area contributed by atoms with E-state index in [0.29, 0.717) is 10.8 Å². The van der Waals surface area contributed by atoms with Crippen molar-refractivity contribution in [3.8, 4) is 5.75 Å². The number of rotatable bonds is 5. The van der Waals surface area contributed by atoms with E-state index in [1.54, 1.807) is 24.3 Å². The Balaban J connectivity index is 2.02. The van der Waals surface area contributed by atoms with Crippen molar-refractivity contribution in [2.75, 3.05) is 11.9 Å². The molecule has 0 aliphatic rings. The van der Waals surface area contributed by atoms with Gasteiger partial charge in [0.15, 0.2) is 6.61 Å². The predicted octanol–water partition coefficient (Wildman–Crippen LogP) is 3.92. The van der Waals surface area contributed by atoms with E-state index in [1.807, 2.05) is 0 Å². The zero-order valence-corrected chi connectivity index (χ0v) is 12.6. The van der Waals surface area contributed by atoms with Crippen LogP contribution in [0.5, 0.6) is 5.75 Å². The van der Waals surface area contributed by atoms with Gasteiger partial charge in [0.05, 0.1) is 20.7 Å². The topological polar surface area (TPSA) is 81.5 Å². The van der Waals surface area contributed by atoms with Crippen molar-refractivity contribution >= 4 is 40.5 Å². The van der Waals surface area contributed by atoms with Crippen molar-refractivity contribution in [2.45, 2.75) is 0 Å². The molecule has 0 fully saturated rings. The van der Waals surface area contributed by atoms with Crippen LogP contribution in [0.3, 0.4) is 0 Å². The summed E-state index contributed by atoms with van der Waals surface area (Å²) < 4.78 is 5.27. The maximum absolute atomic E-state index is 11.8. The fourth-order valence-corrected chi connectivity index (χ4v) is 1.97. The van der Waals surface area contributed by atoms with Gasteiger partial charge in [0.2, 0.25) is 0 Å². The summed E-state index contributed by atoms with van der Waals surface area (Å²) in [5.74, 6) is -0.147. The Labute approximate surface area is 135 Å². The number of carbonyl (C=O) groups is 1. The third-order valence-corrected chi connectivity index (χ3v) is 3.27. The lowest BCUT2D eigenvalue weighted by Gasteiger charge is -2.09. The summed E-state index contributed by atoms with van der Waals surface area (Å²) in [7, 11) is 0. The average molecular weight is 341 g/mol. The molecule has 2 aromatic rings. The molecule has 0 atom stereocenters. The van der Waals surface area contributed by atoms with E-state index in [1.165, 1.54) is 18.2 Å². The molecule has 0 aliphatic carbocycles. The highest BCUT2D eigenvalue weighted by molar-refractivity contribution is 6.33. The smallest absolute Gasteiger partial charge is 0.271 e. The van der Waals surface area contributed by atoms with Crippen LogP contribution < -0.4 is 10.1 Å². The number of hydrogen-bond donors (Lipinski definition) is 1. The summed E-state index contributed by atoms with van der Waals surface area (Å²) in [6, 6.07) is 10.5. The number of anilines is 1. The Hall–Kier alpha value is -2.31. The fraction of sp³-hybridized carbons (Fsp3) is 0.0714. The van der Waals surface area contributed by atoms with Crippen molar-refractivity contribution in [2.24, 2.45) is 0 Å². The maximum Gasteiger partial charge on any atom is 0.271 e. The first-order chi connectivity index (χ1) is 10.5. The minimum atomic E-state index is -0.577. The molecule has 0 saturated carbocycles. The lowest BCUT2D eigenvalue weighted by Crippen LogP contribution is -2.20. The number of nitro groups is 1. The highest BCUT2D eigenvalue weighted by atomic mass is 35.5. The molecule has 0 saturated heterocycles. The molecule has 0 heterocycles. The van der Waals surface area contributed by atoms with E-state index in [9.17, 15) is 14.9 Å². The first-order valence-corrected chi connectivity index (χ1v) is 6.84. The second-order valence-electron chi connectivity index (χ2n) is 4.19. The Morgan fingerprint density at radius 3 is 2.59 bits per heavy atom. The lowest BCUT2D eigenvalue weighted by molar-refractivity contribution is -0.384. The summed E-state index contributed by atoms with van der Waals surface area (Å²) in [5.41, 5.74) is -0.0321. The zero-order valence-electron chi connectivity index (χ0n) is 11.1. The van der Waals surface area contributed by atoms with E-state index in [0.717, 1.165) is 0 Å². The molecule has 0 radical (unpaired) electrons. The van der Waals surface area contributed by atoms with Gasteiger partial charge < -0.3 is 10.1 Å². The van der Waals surface area contributed by atoms with Gasteiger partial charge in [-0.25, -0.2) is 0 Å².